The predicted molar refractivity (Wildman–Crippen MR) is 79.4 cm³/mol. The number of rotatable bonds is 3. The van der Waals surface area contributed by atoms with E-state index in [-0.39, 0.29) is 28.1 Å². The first-order chi connectivity index (χ1) is 10.6. The molecular formula is C15H14N4O3. The van der Waals surface area contributed by atoms with Crippen molar-refractivity contribution in [3.63, 3.8) is 0 Å². The zero-order chi connectivity index (χ0) is 15.7. The molecule has 0 aromatic carbocycles. The Kier molecular flexibility index (Phi) is 3.46. The summed E-state index contributed by atoms with van der Waals surface area (Å²) in [6, 6.07) is 3.65. The standard InChI is InChI=1S/C15H14N4O3/c1-9-11(12-14(22-9)18-8-19(2)15(12)21)13(20)17-7-10-4-3-5-16-6-10/h3-6,8H,7H2,1-2H3,(H,17,20). The van der Waals surface area contributed by atoms with Crippen LogP contribution in [0.5, 0.6) is 0 Å². The van der Waals surface area contributed by atoms with E-state index in [4.69, 9.17) is 4.42 Å². The number of aromatic nitrogens is 3. The summed E-state index contributed by atoms with van der Waals surface area (Å²) >= 11 is 0. The van der Waals surface area contributed by atoms with E-state index in [1.54, 1.807) is 32.4 Å². The highest BCUT2D eigenvalue weighted by atomic mass is 16.3. The van der Waals surface area contributed by atoms with Crippen LogP contribution in [0.2, 0.25) is 0 Å². The maximum Gasteiger partial charge on any atom is 0.265 e. The zero-order valence-electron chi connectivity index (χ0n) is 12.2. The normalized spacial score (nSPS) is 10.8. The molecule has 3 rings (SSSR count). The van der Waals surface area contributed by atoms with Crippen molar-refractivity contribution in [1.29, 1.82) is 0 Å². The highest BCUT2D eigenvalue weighted by Crippen LogP contribution is 2.20. The van der Waals surface area contributed by atoms with Gasteiger partial charge in [-0.1, -0.05) is 6.07 Å². The molecule has 22 heavy (non-hydrogen) atoms. The van der Waals surface area contributed by atoms with Crippen molar-refractivity contribution >= 4 is 17.0 Å². The number of hydrogen-bond donors (Lipinski definition) is 1. The molecule has 0 aliphatic heterocycles. The van der Waals surface area contributed by atoms with Gasteiger partial charge in [0.05, 0.1) is 5.56 Å². The number of nitrogens with zero attached hydrogens (tertiary/aromatic N) is 3. The molecule has 3 aromatic heterocycles. The Labute approximate surface area is 125 Å². The Hall–Kier alpha value is -2.96. The van der Waals surface area contributed by atoms with E-state index in [0.717, 1.165) is 5.56 Å². The van der Waals surface area contributed by atoms with E-state index >= 15 is 0 Å². The SMILES string of the molecule is Cc1oc2ncn(C)c(=O)c2c1C(=O)NCc1cccnc1. The maximum atomic E-state index is 12.4. The van der Waals surface area contributed by atoms with Crippen molar-refractivity contribution in [1.82, 2.24) is 19.9 Å². The minimum Gasteiger partial charge on any atom is -0.442 e. The molecule has 0 saturated heterocycles. The lowest BCUT2D eigenvalue weighted by atomic mass is 10.1. The summed E-state index contributed by atoms with van der Waals surface area (Å²) < 4.78 is 6.73. The molecule has 3 heterocycles. The molecule has 7 nitrogen and oxygen atoms in total. The minimum absolute atomic E-state index is 0.173. The summed E-state index contributed by atoms with van der Waals surface area (Å²) in [6.07, 6.45) is 4.69. The van der Waals surface area contributed by atoms with E-state index in [1.165, 1.54) is 10.9 Å². The Bertz CT molecular complexity index is 896. The van der Waals surface area contributed by atoms with E-state index in [9.17, 15) is 9.59 Å². The van der Waals surface area contributed by atoms with Crippen LogP contribution in [-0.2, 0) is 13.6 Å². The van der Waals surface area contributed by atoms with Gasteiger partial charge in [0.15, 0.2) is 0 Å². The van der Waals surface area contributed by atoms with E-state index in [1.807, 2.05) is 6.07 Å². The van der Waals surface area contributed by atoms with Crippen molar-refractivity contribution in [2.45, 2.75) is 13.5 Å². The molecule has 0 radical (unpaired) electrons. The van der Waals surface area contributed by atoms with Gasteiger partial charge in [0.25, 0.3) is 11.5 Å². The molecule has 0 bridgehead atoms. The molecule has 0 spiro atoms. The molecule has 0 unspecified atom stereocenters. The Morgan fingerprint density at radius 3 is 3.00 bits per heavy atom. The van der Waals surface area contributed by atoms with Crippen LogP contribution in [0.25, 0.3) is 11.1 Å². The van der Waals surface area contributed by atoms with Crippen LogP contribution in [-0.4, -0.2) is 20.4 Å². The van der Waals surface area contributed by atoms with Crippen LogP contribution in [0.4, 0.5) is 0 Å². The van der Waals surface area contributed by atoms with Gasteiger partial charge < -0.3 is 14.3 Å². The van der Waals surface area contributed by atoms with Gasteiger partial charge in [-0.2, -0.15) is 0 Å². The monoisotopic (exact) mass is 298 g/mol. The van der Waals surface area contributed by atoms with Gasteiger partial charge >= 0.3 is 0 Å². The highest BCUT2D eigenvalue weighted by molar-refractivity contribution is 6.06. The number of nitrogens with one attached hydrogen (secondary N) is 1. The van der Waals surface area contributed by atoms with Crippen LogP contribution in [0.3, 0.4) is 0 Å². The minimum atomic E-state index is -0.370. The first kappa shape index (κ1) is 14.0. The van der Waals surface area contributed by atoms with Crippen molar-refractivity contribution in [2.24, 2.45) is 7.05 Å². The third-order valence-electron chi connectivity index (χ3n) is 3.35. The van der Waals surface area contributed by atoms with Gasteiger partial charge in [0, 0.05) is 26.0 Å². The summed E-state index contributed by atoms with van der Waals surface area (Å²) in [6.45, 7) is 1.96. The van der Waals surface area contributed by atoms with Crippen LogP contribution in [0.15, 0.2) is 40.1 Å². The summed E-state index contributed by atoms with van der Waals surface area (Å²) in [5.74, 6) is -0.000287. The average Bonchev–Trinajstić information content (AvgIpc) is 2.87. The number of carbonyl (C=O) groups is 1. The van der Waals surface area contributed by atoms with Gasteiger partial charge in [0.2, 0.25) is 5.71 Å². The third kappa shape index (κ3) is 2.37. The lowest BCUT2D eigenvalue weighted by Gasteiger charge is -2.04. The molecule has 0 atom stereocenters. The summed E-state index contributed by atoms with van der Waals surface area (Å²) in [5, 5.41) is 2.97. The van der Waals surface area contributed by atoms with Gasteiger partial charge in [-0.3, -0.25) is 14.6 Å². The van der Waals surface area contributed by atoms with Crippen molar-refractivity contribution in [3.05, 3.63) is 58.1 Å². The molecule has 7 heteroatoms. The van der Waals surface area contributed by atoms with Gasteiger partial charge in [0.1, 0.15) is 17.5 Å². The molecule has 0 aliphatic carbocycles. The van der Waals surface area contributed by atoms with E-state index in [2.05, 4.69) is 15.3 Å². The van der Waals surface area contributed by atoms with Crippen molar-refractivity contribution < 1.29 is 9.21 Å². The number of amides is 1. The predicted octanol–water partition coefficient (Wildman–Crippen LogP) is 1.16. The summed E-state index contributed by atoms with van der Waals surface area (Å²) in [5.41, 5.74) is 0.959. The van der Waals surface area contributed by atoms with Crippen LogP contribution >= 0.6 is 0 Å². The molecule has 1 amide bonds. The second-order valence-corrected chi connectivity index (χ2v) is 4.92. The number of fused-ring (bicyclic) bond motifs is 1. The molecule has 0 fully saturated rings. The van der Waals surface area contributed by atoms with Crippen molar-refractivity contribution in [2.75, 3.05) is 0 Å². The van der Waals surface area contributed by atoms with Gasteiger partial charge in [-0.25, -0.2) is 4.98 Å². The first-order valence-electron chi connectivity index (χ1n) is 6.69. The topological polar surface area (TPSA) is 90.0 Å². The lowest BCUT2D eigenvalue weighted by molar-refractivity contribution is 0.0950. The van der Waals surface area contributed by atoms with Crippen molar-refractivity contribution in [3.8, 4) is 0 Å². The summed E-state index contributed by atoms with van der Waals surface area (Å²) in [4.78, 5) is 32.6. The number of aryl methyl sites for hydroxylation is 2. The molecule has 112 valence electrons. The van der Waals surface area contributed by atoms with Gasteiger partial charge in [-0.05, 0) is 18.6 Å². The number of pyridine rings is 1. The second kappa shape index (κ2) is 5.44. The second-order valence-electron chi connectivity index (χ2n) is 4.92. The quantitative estimate of drug-likeness (QED) is 0.783. The molecular weight excluding hydrogens is 284 g/mol. The largest absolute Gasteiger partial charge is 0.442 e. The number of carbonyl (C=O) groups excluding carboxylic acids is 1. The highest BCUT2D eigenvalue weighted by Gasteiger charge is 2.22. The maximum absolute atomic E-state index is 12.4. The van der Waals surface area contributed by atoms with E-state index in [0.29, 0.717) is 12.3 Å². The Morgan fingerprint density at radius 1 is 1.45 bits per heavy atom. The number of hydrogen-bond acceptors (Lipinski definition) is 5. The third-order valence-corrected chi connectivity index (χ3v) is 3.35. The van der Waals surface area contributed by atoms with Crippen LogP contribution in [0.1, 0.15) is 21.7 Å². The average molecular weight is 298 g/mol. The Balaban J connectivity index is 1.96. The number of furan rings is 1. The smallest absolute Gasteiger partial charge is 0.265 e. The molecule has 1 N–H and O–H groups in total. The molecule has 3 aromatic rings. The van der Waals surface area contributed by atoms with Crippen LogP contribution < -0.4 is 10.9 Å². The Morgan fingerprint density at radius 2 is 2.27 bits per heavy atom. The first-order valence-corrected chi connectivity index (χ1v) is 6.69. The van der Waals surface area contributed by atoms with Crippen LogP contribution in [0, 0.1) is 6.92 Å². The molecule has 0 saturated carbocycles. The zero-order valence-corrected chi connectivity index (χ0v) is 12.2. The van der Waals surface area contributed by atoms with Gasteiger partial charge in [-0.15, -0.1) is 0 Å². The summed E-state index contributed by atoms with van der Waals surface area (Å²) in [7, 11) is 1.58. The fourth-order valence-corrected chi connectivity index (χ4v) is 2.23. The molecule has 0 aliphatic rings. The lowest BCUT2D eigenvalue weighted by Crippen LogP contribution is -2.25. The fourth-order valence-electron chi connectivity index (χ4n) is 2.23. The van der Waals surface area contributed by atoms with E-state index < -0.39 is 0 Å². The fraction of sp³-hybridized carbons (Fsp3) is 0.200.